The van der Waals surface area contributed by atoms with Crippen molar-refractivity contribution in [3.63, 3.8) is 0 Å². The van der Waals surface area contributed by atoms with Gasteiger partial charge in [0.1, 0.15) is 5.82 Å². The molecule has 0 unspecified atom stereocenters. The molecule has 5 aromatic carbocycles. The normalized spacial score (nSPS) is 12.1. The number of pyridine rings is 1. The van der Waals surface area contributed by atoms with Gasteiger partial charge in [-0.1, -0.05) is 48.2 Å². The lowest BCUT2D eigenvalue weighted by molar-refractivity contribution is 0.355. The second-order valence-electron chi connectivity index (χ2n) is 10.1. The van der Waals surface area contributed by atoms with Crippen LogP contribution in [-0.2, 0) is 0 Å². The summed E-state index contributed by atoms with van der Waals surface area (Å²) < 4.78 is 25.1. The Morgan fingerprint density at radius 2 is 1.31 bits per heavy atom. The number of hydrogen-bond acceptors (Lipinski definition) is 5. The fourth-order valence-corrected chi connectivity index (χ4v) is 6.70. The Morgan fingerprint density at radius 1 is 0.667 bits per heavy atom. The molecule has 4 nitrogen and oxygen atoms in total. The summed E-state index contributed by atoms with van der Waals surface area (Å²) in [5, 5.41) is 1.04. The molecule has 1 aliphatic heterocycles. The zero-order chi connectivity index (χ0) is 28.8. The summed E-state index contributed by atoms with van der Waals surface area (Å²) in [7, 11) is 3.28. The first kappa shape index (κ1) is 26.1. The lowest BCUT2D eigenvalue weighted by Gasteiger charge is -2.33. The molecule has 1 aromatic heterocycles. The van der Waals surface area contributed by atoms with E-state index in [9.17, 15) is 4.39 Å². The van der Waals surface area contributed by atoms with Gasteiger partial charge in [0.2, 0.25) is 0 Å². The maximum Gasteiger partial charge on any atom is 0.161 e. The number of hydrogen-bond donors (Lipinski definition) is 0. The number of aryl methyl sites for hydroxylation is 1. The molecule has 0 radical (unpaired) electrons. The van der Waals surface area contributed by atoms with E-state index in [0.29, 0.717) is 11.5 Å². The monoisotopic (exact) mass is 570 g/mol. The number of para-hydroxylation sites is 2. The van der Waals surface area contributed by atoms with E-state index in [1.807, 2.05) is 18.2 Å². The van der Waals surface area contributed by atoms with Gasteiger partial charge in [-0.25, -0.2) is 9.37 Å². The molecule has 1 aliphatic rings. The number of anilines is 3. The second kappa shape index (κ2) is 10.5. The van der Waals surface area contributed by atoms with Gasteiger partial charge < -0.3 is 14.4 Å². The summed E-state index contributed by atoms with van der Waals surface area (Å²) >= 11 is 1.78. The van der Waals surface area contributed by atoms with E-state index in [2.05, 4.69) is 78.6 Å². The maximum absolute atomic E-state index is 13.9. The Morgan fingerprint density at radius 3 is 1.98 bits per heavy atom. The predicted octanol–water partition coefficient (Wildman–Crippen LogP) is 9.97. The van der Waals surface area contributed by atoms with Crippen molar-refractivity contribution < 1.29 is 13.9 Å². The van der Waals surface area contributed by atoms with Gasteiger partial charge >= 0.3 is 0 Å². The van der Waals surface area contributed by atoms with Crippen LogP contribution >= 0.6 is 11.8 Å². The number of benzene rings is 5. The van der Waals surface area contributed by atoms with E-state index in [0.717, 1.165) is 55.9 Å². The van der Waals surface area contributed by atoms with Crippen molar-refractivity contribution in [3.8, 4) is 33.9 Å². The smallest absolute Gasteiger partial charge is 0.161 e. The van der Waals surface area contributed by atoms with Crippen molar-refractivity contribution in [3.05, 3.63) is 121 Å². The van der Waals surface area contributed by atoms with Crippen molar-refractivity contribution in [2.45, 2.75) is 16.7 Å². The molecule has 0 spiro atoms. The molecule has 206 valence electrons. The molecule has 6 heteroatoms. The molecule has 0 aliphatic carbocycles. The highest BCUT2D eigenvalue weighted by Crippen LogP contribution is 2.53. The minimum Gasteiger partial charge on any atom is -0.493 e. The molecule has 0 N–H and O–H groups in total. The molecule has 0 saturated heterocycles. The fraction of sp³-hybridized carbons (Fsp3) is 0.0833. The van der Waals surface area contributed by atoms with Crippen molar-refractivity contribution in [1.82, 2.24) is 4.98 Å². The second-order valence-corrected chi connectivity index (χ2v) is 11.2. The molecule has 0 bridgehead atoms. The van der Waals surface area contributed by atoms with Crippen LogP contribution in [0.5, 0.6) is 11.5 Å². The Kier molecular flexibility index (Phi) is 6.56. The topological polar surface area (TPSA) is 34.6 Å². The Balaban J connectivity index is 1.57. The van der Waals surface area contributed by atoms with Crippen LogP contribution in [0.1, 0.15) is 5.56 Å². The molecule has 7 rings (SSSR count). The first-order valence-electron chi connectivity index (χ1n) is 13.6. The van der Waals surface area contributed by atoms with E-state index < -0.39 is 0 Å². The first-order chi connectivity index (χ1) is 20.6. The highest BCUT2D eigenvalue weighted by molar-refractivity contribution is 7.99. The van der Waals surface area contributed by atoms with Crippen LogP contribution in [0, 0.1) is 12.7 Å². The number of ether oxygens (including phenoxy) is 2. The standard InChI is InChI=1S/C36H27FN2O2S/c1-22-12-18-30(39-28-8-4-6-10-33(28)42-34-11-7-5-9-29(34)39)36-35(22)26(24-15-19-31(40-2)32(20-24)41-3)21-27(38-36)23-13-16-25(37)17-14-23/h4-21H,1-3H3. The third-order valence-corrected chi connectivity index (χ3v) is 8.79. The van der Waals surface area contributed by atoms with E-state index in [1.165, 1.54) is 21.9 Å². The minimum atomic E-state index is -0.282. The van der Waals surface area contributed by atoms with Gasteiger partial charge in [0.05, 0.1) is 42.5 Å². The van der Waals surface area contributed by atoms with Crippen molar-refractivity contribution >= 4 is 39.7 Å². The Labute approximate surface area is 248 Å². The number of aromatic nitrogens is 1. The predicted molar refractivity (Wildman–Crippen MR) is 169 cm³/mol. The van der Waals surface area contributed by atoms with Gasteiger partial charge in [-0.2, -0.15) is 0 Å². The lowest BCUT2D eigenvalue weighted by Crippen LogP contribution is -2.15. The highest BCUT2D eigenvalue weighted by Gasteiger charge is 2.27. The molecule has 0 fully saturated rings. The van der Waals surface area contributed by atoms with Crippen LogP contribution in [0.3, 0.4) is 0 Å². The zero-order valence-corrected chi connectivity index (χ0v) is 24.2. The van der Waals surface area contributed by atoms with Crippen molar-refractivity contribution in [1.29, 1.82) is 0 Å². The molecule has 6 aromatic rings. The molecule has 0 saturated carbocycles. The molecular weight excluding hydrogens is 543 g/mol. The summed E-state index contributed by atoms with van der Waals surface area (Å²) in [6.07, 6.45) is 0. The van der Waals surface area contributed by atoms with Crippen LogP contribution in [-0.4, -0.2) is 19.2 Å². The average Bonchev–Trinajstić information content (AvgIpc) is 3.03. The van der Waals surface area contributed by atoms with Gasteiger partial charge in [-0.05, 0) is 96.4 Å². The summed E-state index contributed by atoms with van der Waals surface area (Å²) in [6, 6.07) is 35.8. The Bertz CT molecular complexity index is 1930. The minimum absolute atomic E-state index is 0.282. The van der Waals surface area contributed by atoms with Gasteiger partial charge in [0.15, 0.2) is 11.5 Å². The lowest BCUT2D eigenvalue weighted by atomic mass is 9.94. The van der Waals surface area contributed by atoms with Crippen molar-refractivity contribution in [2.75, 3.05) is 19.1 Å². The van der Waals surface area contributed by atoms with E-state index in [4.69, 9.17) is 14.5 Å². The van der Waals surface area contributed by atoms with Gasteiger partial charge in [0, 0.05) is 20.7 Å². The van der Waals surface area contributed by atoms with Crippen LogP contribution in [0.25, 0.3) is 33.3 Å². The van der Waals surface area contributed by atoms with Crippen LogP contribution in [0.15, 0.2) is 119 Å². The summed E-state index contributed by atoms with van der Waals surface area (Å²) in [5.41, 5.74) is 8.71. The quantitative estimate of drug-likeness (QED) is 0.206. The van der Waals surface area contributed by atoms with Crippen molar-refractivity contribution in [2.24, 2.45) is 0 Å². The fourth-order valence-electron chi connectivity index (χ4n) is 5.64. The maximum atomic E-state index is 13.9. The molecular formula is C36H27FN2O2S. The number of fused-ring (bicyclic) bond motifs is 3. The SMILES string of the molecule is COc1ccc(-c2cc(-c3ccc(F)cc3)nc3c(N4c5ccccc5Sc5ccccc54)ccc(C)c23)cc1OC. The van der Waals surface area contributed by atoms with Crippen LogP contribution in [0.2, 0.25) is 0 Å². The number of methoxy groups -OCH3 is 2. The zero-order valence-electron chi connectivity index (χ0n) is 23.4. The number of halogens is 1. The first-order valence-corrected chi connectivity index (χ1v) is 14.5. The summed E-state index contributed by atoms with van der Waals surface area (Å²) in [4.78, 5) is 9.96. The third kappa shape index (κ3) is 4.35. The van der Waals surface area contributed by atoms with E-state index in [1.54, 1.807) is 38.1 Å². The average molecular weight is 571 g/mol. The summed E-state index contributed by atoms with van der Waals surface area (Å²) in [6.45, 7) is 2.11. The van der Waals surface area contributed by atoms with E-state index >= 15 is 0 Å². The molecule has 2 heterocycles. The van der Waals surface area contributed by atoms with Gasteiger partial charge in [-0.3, -0.25) is 0 Å². The van der Waals surface area contributed by atoms with Gasteiger partial charge in [-0.15, -0.1) is 0 Å². The van der Waals surface area contributed by atoms with Gasteiger partial charge in [0.25, 0.3) is 0 Å². The number of nitrogens with zero attached hydrogens (tertiary/aromatic N) is 2. The summed E-state index contributed by atoms with van der Waals surface area (Å²) in [5.74, 6) is 1.03. The molecule has 0 amide bonds. The van der Waals surface area contributed by atoms with Crippen LogP contribution < -0.4 is 14.4 Å². The molecule has 42 heavy (non-hydrogen) atoms. The van der Waals surface area contributed by atoms with Crippen LogP contribution in [0.4, 0.5) is 21.5 Å². The highest BCUT2D eigenvalue weighted by atomic mass is 32.2. The number of rotatable bonds is 5. The third-order valence-electron chi connectivity index (χ3n) is 7.66. The largest absolute Gasteiger partial charge is 0.493 e. The van der Waals surface area contributed by atoms with E-state index in [-0.39, 0.29) is 5.82 Å². The Hall–Kier alpha value is -4.81. The molecule has 0 atom stereocenters.